The third-order valence-electron chi connectivity index (χ3n) is 8.20. The van der Waals surface area contributed by atoms with Gasteiger partial charge in [-0.05, 0) is 78.5 Å². The predicted molar refractivity (Wildman–Crippen MR) is 124 cm³/mol. The van der Waals surface area contributed by atoms with Gasteiger partial charge in [0, 0.05) is 37.2 Å². The third-order valence-corrected chi connectivity index (χ3v) is 8.20. The van der Waals surface area contributed by atoms with Gasteiger partial charge in [0.1, 0.15) is 11.9 Å². The van der Waals surface area contributed by atoms with Gasteiger partial charge >= 0.3 is 0 Å². The van der Waals surface area contributed by atoms with Crippen LogP contribution in [0.4, 0.5) is 4.39 Å². The molecule has 1 N–H and O–H groups in total. The SMILES string of the molecule is O=C1CCC(N2Cc3cc(C(=O)N4CCC5(CC(c6ccc(F)cc6)C5)C4)ccc3C2=O)C(=O)N1. The van der Waals surface area contributed by atoms with E-state index >= 15 is 0 Å². The van der Waals surface area contributed by atoms with Crippen LogP contribution in [0.3, 0.4) is 0 Å². The Morgan fingerprint density at radius 3 is 2.57 bits per heavy atom. The summed E-state index contributed by atoms with van der Waals surface area (Å²) in [5.74, 6) is -0.856. The summed E-state index contributed by atoms with van der Waals surface area (Å²) in [4.78, 5) is 53.3. The number of halogens is 1. The molecule has 0 aromatic heterocycles. The van der Waals surface area contributed by atoms with Crippen LogP contribution in [0.1, 0.15) is 69.9 Å². The number of carbonyl (C=O) groups is 4. The van der Waals surface area contributed by atoms with Crippen LogP contribution in [0.15, 0.2) is 42.5 Å². The highest BCUT2D eigenvalue weighted by atomic mass is 19.1. The fourth-order valence-electron chi connectivity index (χ4n) is 6.29. The number of nitrogens with zero attached hydrogens (tertiary/aromatic N) is 2. The van der Waals surface area contributed by atoms with Crippen LogP contribution in [0, 0.1) is 11.2 Å². The molecule has 3 fully saturated rings. The van der Waals surface area contributed by atoms with Gasteiger partial charge in [0.2, 0.25) is 11.8 Å². The van der Waals surface area contributed by atoms with E-state index in [0.29, 0.717) is 36.6 Å². The second kappa shape index (κ2) is 8.00. The number of amides is 4. The Labute approximate surface area is 202 Å². The molecule has 4 amide bonds. The number of imide groups is 1. The van der Waals surface area contributed by atoms with Crippen molar-refractivity contribution in [2.75, 3.05) is 13.1 Å². The molecule has 7 nitrogen and oxygen atoms in total. The minimum atomic E-state index is -0.669. The Morgan fingerprint density at radius 2 is 1.83 bits per heavy atom. The van der Waals surface area contributed by atoms with Crippen LogP contribution in [0.25, 0.3) is 0 Å². The van der Waals surface area contributed by atoms with Crippen molar-refractivity contribution in [2.24, 2.45) is 5.41 Å². The maximum Gasteiger partial charge on any atom is 0.255 e. The molecule has 1 aliphatic carbocycles. The maximum atomic E-state index is 13.3. The number of rotatable bonds is 3. The number of likely N-dealkylation sites (tertiary alicyclic amines) is 1. The molecule has 0 radical (unpaired) electrons. The van der Waals surface area contributed by atoms with Crippen molar-refractivity contribution in [1.82, 2.24) is 15.1 Å². The van der Waals surface area contributed by atoms with E-state index in [2.05, 4.69) is 5.32 Å². The Morgan fingerprint density at radius 1 is 1.06 bits per heavy atom. The highest BCUT2D eigenvalue weighted by Gasteiger charge is 2.49. The van der Waals surface area contributed by atoms with Gasteiger partial charge in [-0.15, -0.1) is 0 Å². The zero-order valence-electron chi connectivity index (χ0n) is 19.3. The molecular formula is C27H26FN3O4. The summed E-state index contributed by atoms with van der Waals surface area (Å²) in [5.41, 5.74) is 3.08. The smallest absolute Gasteiger partial charge is 0.255 e. The van der Waals surface area contributed by atoms with Crippen LogP contribution < -0.4 is 5.32 Å². The highest BCUT2D eigenvalue weighted by Crippen LogP contribution is 2.56. The summed E-state index contributed by atoms with van der Waals surface area (Å²) in [6.07, 6.45) is 3.48. The molecule has 1 saturated carbocycles. The summed E-state index contributed by atoms with van der Waals surface area (Å²) in [7, 11) is 0. The monoisotopic (exact) mass is 475 g/mol. The molecule has 35 heavy (non-hydrogen) atoms. The van der Waals surface area contributed by atoms with E-state index in [4.69, 9.17) is 0 Å². The van der Waals surface area contributed by atoms with E-state index in [1.807, 2.05) is 17.0 Å². The van der Waals surface area contributed by atoms with Crippen molar-refractivity contribution in [2.45, 2.75) is 50.6 Å². The van der Waals surface area contributed by atoms with Gasteiger partial charge < -0.3 is 9.80 Å². The first kappa shape index (κ1) is 21.9. The lowest BCUT2D eigenvalue weighted by Crippen LogP contribution is -2.52. The standard InChI is InChI=1S/C27H26FN3O4/c28-20-4-1-16(2-5-20)19-12-27(13-19)9-10-30(15-27)25(34)17-3-6-21-18(11-17)14-31(26(21)35)22-7-8-23(32)29-24(22)33/h1-6,11,19,22H,7-10,12-15H2,(H,29,32,33). The van der Waals surface area contributed by atoms with E-state index in [9.17, 15) is 23.6 Å². The molecule has 2 saturated heterocycles. The Bertz CT molecular complexity index is 1250. The average Bonchev–Trinajstić information content (AvgIpc) is 3.40. The molecule has 1 atom stereocenters. The first-order chi connectivity index (χ1) is 16.8. The summed E-state index contributed by atoms with van der Waals surface area (Å²) in [6, 6.07) is 11.2. The van der Waals surface area contributed by atoms with Crippen molar-refractivity contribution < 1.29 is 23.6 Å². The van der Waals surface area contributed by atoms with Crippen LogP contribution in [0.5, 0.6) is 0 Å². The molecular weight excluding hydrogens is 449 g/mol. The number of fused-ring (bicyclic) bond motifs is 1. The molecule has 3 aliphatic heterocycles. The van der Waals surface area contributed by atoms with Gasteiger partial charge in [-0.1, -0.05) is 12.1 Å². The lowest BCUT2D eigenvalue weighted by molar-refractivity contribution is -0.136. The number of benzene rings is 2. The lowest BCUT2D eigenvalue weighted by atomic mass is 9.59. The minimum absolute atomic E-state index is 0.0400. The molecule has 2 aromatic rings. The van der Waals surface area contributed by atoms with Crippen molar-refractivity contribution in [1.29, 1.82) is 0 Å². The molecule has 0 bridgehead atoms. The maximum absolute atomic E-state index is 13.3. The highest BCUT2D eigenvalue weighted by molar-refractivity contribution is 6.06. The van der Waals surface area contributed by atoms with E-state index in [0.717, 1.165) is 30.4 Å². The van der Waals surface area contributed by atoms with Crippen LogP contribution in [-0.2, 0) is 16.1 Å². The van der Waals surface area contributed by atoms with Crippen molar-refractivity contribution >= 4 is 23.6 Å². The zero-order valence-corrected chi connectivity index (χ0v) is 19.3. The quantitative estimate of drug-likeness (QED) is 0.692. The summed E-state index contributed by atoms with van der Waals surface area (Å²) < 4.78 is 13.2. The molecule has 6 rings (SSSR count). The van der Waals surface area contributed by atoms with Gasteiger partial charge in [0.05, 0.1) is 0 Å². The van der Waals surface area contributed by atoms with Crippen molar-refractivity contribution in [3.05, 3.63) is 70.5 Å². The van der Waals surface area contributed by atoms with E-state index < -0.39 is 11.9 Å². The van der Waals surface area contributed by atoms with Gasteiger partial charge in [-0.25, -0.2) is 4.39 Å². The second-order valence-corrected chi connectivity index (χ2v) is 10.4. The van der Waals surface area contributed by atoms with Gasteiger partial charge in [0.15, 0.2) is 0 Å². The average molecular weight is 476 g/mol. The van der Waals surface area contributed by atoms with E-state index in [1.165, 1.54) is 17.0 Å². The number of piperidine rings is 1. The molecule has 1 spiro atoms. The Balaban J connectivity index is 1.12. The second-order valence-electron chi connectivity index (χ2n) is 10.4. The minimum Gasteiger partial charge on any atom is -0.338 e. The van der Waals surface area contributed by atoms with E-state index in [-0.39, 0.29) is 41.9 Å². The van der Waals surface area contributed by atoms with Crippen LogP contribution in [-0.4, -0.2) is 52.6 Å². The third kappa shape index (κ3) is 3.72. The van der Waals surface area contributed by atoms with Crippen LogP contribution in [0.2, 0.25) is 0 Å². The van der Waals surface area contributed by atoms with Gasteiger partial charge in [-0.3, -0.25) is 24.5 Å². The molecule has 3 heterocycles. The molecule has 1 unspecified atom stereocenters. The van der Waals surface area contributed by atoms with Crippen molar-refractivity contribution in [3.8, 4) is 0 Å². The Kier molecular flexibility index (Phi) is 5.02. The summed E-state index contributed by atoms with van der Waals surface area (Å²) >= 11 is 0. The van der Waals surface area contributed by atoms with Crippen LogP contribution >= 0.6 is 0 Å². The molecule has 8 heteroatoms. The van der Waals surface area contributed by atoms with Gasteiger partial charge in [-0.2, -0.15) is 0 Å². The normalized spacial score (nSPS) is 27.7. The van der Waals surface area contributed by atoms with E-state index in [1.54, 1.807) is 18.2 Å². The fourth-order valence-corrected chi connectivity index (χ4v) is 6.29. The number of nitrogens with one attached hydrogen (secondary N) is 1. The van der Waals surface area contributed by atoms with Gasteiger partial charge in [0.25, 0.3) is 11.8 Å². The Hall–Kier alpha value is -3.55. The lowest BCUT2D eigenvalue weighted by Gasteiger charge is -2.45. The summed E-state index contributed by atoms with van der Waals surface area (Å²) in [5, 5.41) is 2.31. The summed E-state index contributed by atoms with van der Waals surface area (Å²) in [6.45, 7) is 1.67. The number of hydrogen-bond donors (Lipinski definition) is 1. The molecule has 4 aliphatic rings. The molecule has 180 valence electrons. The zero-order chi connectivity index (χ0) is 24.3. The molecule has 2 aromatic carbocycles. The predicted octanol–water partition coefficient (Wildman–Crippen LogP) is 3.00. The largest absolute Gasteiger partial charge is 0.338 e. The first-order valence-corrected chi connectivity index (χ1v) is 12.1. The topological polar surface area (TPSA) is 86.8 Å². The van der Waals surface area contributed by atoms with Crippen molar-refractivity contribution in [3.63, 3.8) is 0 Å². The number of hydrogen-bond acceptors (Lipinski definition) is 4. The fraction of sp³-hybridized carbons (Fsp3) is 0.407. The number of carbonyl (C=O) groups excluding carboxylic acids is 4. The first-order valence-electron chi connectivity index (χ1n) is 12.1.